The van der Waals surface area contributed by atoms with Crippen molar-refractivity contribution in [2.24, 2.45) is 0 Å². The number of alkyl carbamates (subject to hydrolysis) is 2. The van der Waals surface area contributed by atoms with E-state index >= 15 is 0 Å². The molecule has 2 heterocycles. The molecule has 4 rings (SSSR count). The molecule has 0 bridgehead atoms. The molecule has 1 aliphatic carbocycles. The highest BCUT2D eigenvalue weighted by Gasteiger charge is 2.55. The van der Waals surface area contributed by atoms with Gasteiger partial charge >= 0.3 is 30.4 Å². The number of nitro groups is 1. The number of likely N-dealkylation sites (N-methyl/N-ethyl adjacent to an activating group) is 1. The Labute approximate surface area is 394 Å². The largest absolute Gasteiger partial charge is 0.471 e. The third-order valence-electron chi connectivity index (χ3n) is 10.5. The summed E-state index contributed by atoms with van der Waals surface area (Å²) in [6.07, 6.45) is -19.7. The van der Waals surface area contributed by atoms with E-state index in [1.54, 1.807) is 46.9 Å². The Hall–Kier alpha value is -5.58. The summed E-state index contributed by atoms with van der Waals surface area (Å²) < 4.78 is 78.6. The van der Waals surface area contributed by atoms with E-state index in [9.17, 15) is 67.7 Å². The molecule has 2 fully saturated rings. The van der Waals surface area contributed by atoms with Crippen LogP contribution in [0.15, 0.2) is 36.1 Å². The van der Waals surface area contributed by atoms with Crippen LogP contribution in [0.25, 0.3) is 0 Å². The van der Waals surface area contributed by atoms with Crippen LogP contribution in [0.2, 0.25) is 0 Å². The van der Waals surface area contributed by atoms with Crippen LogP contribution in [0.3, 0.4) is 0 Å². The molecule has 0 spiro atoms. The molecule has 2 aliphatic heterocycles. The number of non-ortho nitro benzene ring substituents is 1. The number of aliphatic hydroxyl groups is 4. The molecule has 388 valence electrons. The molecule has 0 radical (unpaired) electrons. The number of carbonyl (C=O) groups excluding carboxylic acids is 5. The van der Waals surface area contributed by atoms with E-state index in [-0.39, 0.29) is 24.3 Å². The molecule has 1 aromatic rings. The van der Waals surface area contributed by atoms with Gasteiger partial charge in [0.05, 0.1) is 42.7 Å². The number of nitrogens with one attached hydrogen (secondary N) is 4. The maximum Gasteiger partial charge on any atom is 0.471 e. The number of hydrogen-bond acceptors (Lipinski definition) is 18. The zero-order valence-corrected chi connectivity index (χ0v) is 39.1. The number of halogens is 3. The quantitative estimate of drug-likeness (QED) is 0.0701. The molecule has 11 atom stereocenters. The van der Waals surface area contributed by atoms with Gasteiger partial charge in [0.25, 0.3) is 11.6 Å². The summed E-state index contributed by atoms with van der Waals surface area (Å²) in [6.45, 7) is 8.38. The number of allylic oxidation sites excluding steroid dienone is 1. The third-order valence-corrected chi connectivity index (χ3v) is 10.5. The first-order valence-electron chi connectivity index (χ1n) is 21.6. The second-order valence-corrected chi connectivity index (χ2v) is 18.7. The molecule has 1 saturated carbocycles. The van der Waals surface area contributed by atoms with Crippen LogP contribution in [0.4, 0.5) is 33.2 Å². The Kier molecular flexibility index (Phi) is 18.6. The van der Waals surface area contributed by atoms with Gasteiger partial charge in [-0.3, -0.25) is 19.7 Å². The van der Waals surface area contributed by atoms with Crippen molar-refractivity contribution < 1.29 is 95.7 Å². The van der Waals surface area contributed by atoms with Crippen LogP contribution in [0, 0.1) is 10.1 Å². The van der Waals surface area contributed by atoms with Gasteiger partial charge in [-0.2, -0.15) is 13.2 Å². The van der Waals surface area contributed by atoms with Crippen molar-refractivity contribution in [1.29, 1.82) is 0 Å². The fourth-order valence-corrected chi connectivity index (χ4v) is 7.39. The summed E-state index contributed by atoms with van der Waals surface area (Å²) in [7, 11) is 1.24. The van der Waals surface area contributed by atoms with Crippen LogP contribution < -0.4 is 21.3 Å². The van der Waals surface area contributed by atoms with E-state index in [2.05, 4.69) is 16.0 Å². The number of hydrogen-bond donors (Lipinski definition) is 8. The van der Waals surface area contributed by atoms with Gasteiger partial charge in [0.15, 0.2) is 12.6 Å². The molecule has 3 aliphatic rings. The highest BCUT2D eigenvalue weighted by atomic mass is 19.4. The van der Waals surface area contributed by atoms with Crippen LogP contribution in [0.5, 0.6) is 0 Å². The maximum absolute atomic E-state index is 13.6. The Morgan fingerprint density at radius 2 is 1.54 bits per heavy atom. The molecule has 0 unspecified atom stereocenters. The van der Waals surface area contributed by atoms with Gasteiger partial charge in [-0.25, -0.2) is 14.4 Å². The van der Waals surface area contributed by atoms with Crippen molar-refractivity contribution in [1.82, 2.24) is 26.2 Å². The van der Waals surface area contributed by atoms with Gasteiger partial charge in [-0.15, -0.1) is 0 Å². The molecule has 1 aromatic carbocycles. The number of nitro benzene ring substituents is 1. The number of rotatable bonds is 15. The minimum absolute atomic E-state index is 0.0119. The Balaban J connectivity index is 1.68. The lowest BCUT2D eigenvalue weighted by Gasteiger charge is -2.50. The van der Waals surface area contributed by atoms with Gasteiger partial charge in [-0.1, -0.05) is 0 Å². The minimum atomic E-state index is -5.20. The molecule has 5 amide bonds. The van der Waals surface area contributed by atoms with E-state index in [1.807, 2.05) is 0 Å². The monoisotopic (exact) mass is 994 g/mol. The van der Waals surface area contributed by atoms with E-state index < -0.39 is 152 Å². The number of alkyl halides is 3. The first-order chi connectivity index (χ1) is 31.8. The lowest BCUT2D eigenvalue weighted by Crippen LogP contribution is -2.70. The molecule has 8 N–H and O–H groups in total. The molecular weight excluding hydrogens is 933 g/mol. The number of aliphatic hydroxyl groups excluding tert-OH is 3. The minimum Gasteiger partial charge on any atom is -0.468 e. The van der Waals surface area contributed by atoms with Gasteiger partial charge in [0.2, 0.25) is 0 Å². The van der Waals surface area contributed by atoms with Crippen molar-refractivity contribution in [2.45, 2.75) is 159 Å². The summed E-state index contributed by atoms with van der Waals surface area (Å²) in [6, 6.07) is 0.635. The van der Waals surface area contributed by atoms with Crippen molar-refractivity contribution in [3.05, 3.63) is 51.8 Å². The van der Waals surface area contributed by atoms with E-state index in [0.29, 0.717) is 5.56 Å². The lowest BCUT2D eigenvalue weighted by atomic mass is 9.82. The van der Waals surface area contributed by atoms with Crippen LogP contribution in [0.1, 0.15) is 73.3 Å². The van der Waals surface area contributed by atoms with Crippen molar-refractivity contribution in [3.63, 3.8) is 0 Å². The van der Waals surface area contributed by atoms with E-state index in [4.69, 9.17) is 33.2 Å². The Morgan fingerprint density at radius 1 is 0.928 bits per heavy atom. The number of benzene rings is 1. The lowest BCUT2D eigenvalue weighted by molar-refractivity contribution is -0.384. The summed E-state index contributed by atoms with van der Waals surface area (Å²) >= 11 is 0. The van der Waals surface area contributed by atoms with E-state index in [0.717, 1.165) is 4.90 Å². The fraction of sp³-hybridized carbons (Fsp3) is 0.690. The summed E-state index contributed by atoms with van der Waals surface area (Å²) in [5.41, 5.74) is -3.78. The van der Waals surface area contributed by atoms with Gasteiger partial charge < -0.3 is 79.8 Å². The Bertz CT molecular complexity index is 2010. The summed E-state index contributed by atoms with van der Waals surface area (Å²) in [5, 5.41) is 66.3. The fourth-order valence-electron chi connectivity index (χ4n) is 7.39. The van der Waals surface area contributed by atoms with Crippen molar-refractivity contribution in [3.8, 4) is 0 Å². The standard InChI is InChI=1S/C42H61F3N6O18/c1-39(2,3)68-36(57)47-18-26(52)33(55)48-24-16-25(49-37(58)63-19-21-12-14-22(15-13-21)51(61)62)30(66-27-11-9-10-23(65-27)17-46-35(56)42(43,44)45)28(53)31(24)67-34-29(54)32(41(7,60)20-64-34)50(8)38(59)69-40(4,5)6/h10,12-15,24-32,34,52-54,60H,9,11,16-20H2,1-8H3,(H,46,56)(H,47,57)(H,48,55)(H,49,58)/t24-,25+,26-,27-,28+,29-,30-,31+,32-,34-,41+/m1/s1. The van der Waals surface area contributed by atoms with Crippen molar-refractivity contribution >= 4 is 35.8 Å². The zero-order valence-electron chi connectivity index (χ0n) is 39.1. The second kappa shape index (κ2) is 22.9. The average Bonchev–Trinajstić information content (AvgIpc) is 3.23. The summed E-state index contributed by atoms with van der Waals surface area (Å²) in [5.74, 6) is -3.56. The molecule has 27 heteroatoms. The second-order valence-electron chi connectivity index (χ2n) is 18.7. The highest BCUT2D eigenvalue weighted by molar-refractivity contribution is 5.82. The predicted octanol–water partition coefficient (Wildman–Crippen LogP) is 1.50. The van der Waals surface area contributed by atoms with Crippen LogP contribution in [-0.4, -0.2) is 171 Å². The normalized spacial score (nSPS) is 27.8. The highest BCUT2D eigenvalue weighted by Crippen LogP contribution is 2.35. The van der Waals surface area contributed by atoms with Gasteiger partial charge in [0.1, 0.15) is 59.7 Å². The number of nitrogens with zero attached hydrogens (tertiary/aromatic N) is 2. The van der Waals surface area contributed by atoms with E-state index in [1.165, 1.54) is 44.3 Å². The first kappa shape index (κ1) is 56.0. The predicted molar refractivity (Wildman–Crippen MR) is 228 cm³/mol. The average molecular weight is 995 g/mol. The number of amides is 5. The molecule has 0 aromatic heterocycles. The smallest absolute Gasteiger partial charge is 0.468 e. The third kappa shape index (κ3) is 16.5. The topological polar surface area (TPSA) is 325 Å². The maximum atomic E-state index is 13.6. The van der Waals surface area contributed by atoms with Crippen molar-refractivity contribution in [2.75, 3.05) is 26.7 Å². The first-order valence-corrected chi connectivity index (χ1v) is 21.6. The molecule has 1 saturated heterocycles. The molecule has 69 heavy (non-hydrogen) atoms. The Morgan fingerprint density at radius 3 is 2.13 bits per heavy atom. The zero-order chi connectivity index (χ0) is 51.8. The summed E-state index contributed by atoms with van der Waals surface area (Å²) in [4.78, 5) is 75.5. The van der Waals surface area contributed by atoms with Gasteiger partial charge in [-0.05, 0) is 85.1 Å². The number of ether oxygens (including phenoxy) is 7. The van der Waals surface area contributed by atoms with Crippen LogP contribution in [-0.2, 0) is 49.4 Å². The number of carbonyl (C=O) groups is 5. The molecular formula is C42H61F3N6O18. The molecule has 24 nitrogen and oxygen atoms in total. The SMILES string of the molecule is CN(C(=O)OC(C)(C)C)[C@@H]1[C@@H](O)[C@@H](O[C@@H]2[C@@H](O)[C@H](O[C@@H]3CCC=C(CNC(=O)C(F)(F)F)O3)[C@@H](NC(=O)OCc3ccc([N+](=O)[O-])cc3)C[C@H]2NC(=O)[C@H](O)CNC(=O)OC(C)(C)C)OC[C@]1(C)O. The van der Waals surface area contributed by atoms with Gasteiger partial charge in [0, 0.05) is 25.6 Å². The van der Waals surface area contributed by atoms with Crippen LogP contribution >= 0.6 is 0 Å².